The molecule has 130 valence electrons. The van der Waals surface area contributed by atoms with Crippen molar-refractivity contribution in [1.82, 2.24) is 5.32 Å². The van der Waals surface area contributed by atoms with Crippen molar-refractivity contribution in [3.63, 3.8) is 0 Å². The number of nitrogens with one attached hydrogen (secondary N) is 1. The number of carbonyl (C=O) groups is 1. The molecule has 0 bridgehead atoms. The van der Waals surface area contributed by atoms with E-state index in [-0.39, 0.29) is 17.9 Å². The second-order valence-corrected chi connectivity index (χ2v) is 7.06. The number of aliphatic hydroxyl groups is 1. The lowest BCUT2D eigenvalue weighted by Gasteiger charge is -2.25. The van der Waals surface area contributed by atoms with E-state index in [4.69, 9.17) is 0 Å². The van der Waals surface area contributed by atoms with Crippen molar-refractivity contribution in [2.24, 2.45) is 17.8 Å². The van der Waals surface area contributed by atoms with Gasteiger partial charge in [-0.3, -0.25) is 4.79 Å². The van der Waals surface area contributed by atoms with Gasteiger partial charge in [0.1, 0.15) is 0 Å². The average Bonchev–Trinajstić information content (AvgIpc) is 2.53. The van der Waals surface area contributed by atoms with Gasteiger partial charge in [-0.1, -0.05) is 46.5 Å². The Morgan fingerprint density at radius 2 is 1.73 bits per heavy atom. The maximum atomic E-state index is 12.2. The molecule has 0 radical (unpaired) electrons. The van der Waals surface area contributed by atoms with Crippen LogP contribution >= 0.6 is 0 Å². The van der Waals surface area contributed by atoms with Crippen molar-refractivity contribution in [2.45, 2.75) is 91.1 Å². The summed E-state index contributed by atoms with van der Waals surface area (Å²) >= 11 is 0. The minimum absolute atomic E-state index is 0.166. The summed E-state index contributed by atoms with van der Waals surface area (Å²) in [5, 5.41) is 13.5. The topological polar surface area (TPSA) is 49.3 Å². The highest BCUT2D eigenvalue weighted by molar-refractivity contribution is 5.78. The molecule has 2 N–H and O–H groups in total. The van der Waals surface area contributed by atoms with Gasteiger partial charge in [0.25, 0.3) is 0 Å². The van der Waals surface area contributed by atoms with Gasteiger partial charge < -0.3 is 10.4 Å². The smallest absolute Gasteiger partial charge is 0.223 e. The van der Waals surface area contributed by atoms with Gasteiger partial charge in [0.15, 0.2) is 0 Å². The Bertz CT molecular complexity index is 306. The highest BCUT2D eigenvalue weighted by Crippen LogP contribution is 2.26. The van der Waals surface area contributed by atoms with Gasteiger partial charge in [-0.15, -0.1) is 0 Å². The van der Waals surface area contributed by atoms with Gasteiger partial charge in [-0.2, -0.15) is 0 Å². The van der Waals surface area contributed by atoms with E-state index in [2.05, 4.69) is 26.1 Å². The van der Waals surface area contributed by atoms with E-state index in [0.717, 1.165) is 57.9 Å². The SMILES string of the molecule is CC[C@H]1CCC[C@@H](CC)C(=O)NCCC[C@@H](CC)[C@H](O)CC1. The number of aliphatic hydroxyl groups excluding tert-OH is 1. The van der Waals surface area contributed by atoms with Crippen LogP contribution in [0.25, 0.3) is 0 Å². The molecule has 0 saturated carbocycles. The second-order valence-electron chi connectivity index (χ2n) is 7.06. The zero-order valence-corrected chi connectivity index (χ0v) is 14.9. The highest BCUT2D eigenvalue weighted by atomic mass is 16.3. The Morgan fingerprint density at radius 3 is 2.36 bits per heavy atom. The fourth-order valence-electron chi connectivity index (χ4n) is 3.76. The molecule has 1 aliphatic heterocycles. The lowest BCUT2D eigenvalue weighted by molar-refractivity contribution is -0.125. The first-order valence-corrected chi connectivity index (χ1v) is 9.58. The number of amides is 1. The molecule has 1 aliphatic rings. The van der Waals surface area contributed by atoms with Crippen LogP contribution in [0.1, 0.15) is 85.0 Å². The van der Waals surface area contributed by atoms with Gasteiger partial charge in [-0.25, -0.2) is 0 Å². The average molecular weight is 312 g/mol. The molecule has 0 aliphatic carbocycles. The van der Waals surface area contributed by atoms with E-state index >= 15 is 0 Å². The Morgan fingerprint density at radius 1 is 0.955 bits per heavy atom. The molecule has 1 heterocycles. The summed E-state index contributed by atoms with van der Waals surface area (Å²) < 4.78 is 0. The van der Waals surface area contributed by atoms with Gasteiger partial charge in [-0.05, 0) is 50.4 Å². The molecule has 0 aromatic rings. The molecule has 0 aromatic carbocycles. The molecular formula is C19H37NO2. The predicted octanol–water partition coefficient (Wildman–Crippen LogP) is 4.29. The highest BCUT2D eigenvalue weighted by Gasteiger charge is 2.21. The third-order valence-electron chi connectivity index (χ3n) is 5.60. The van der Waals surface area contributed by atoms with Crippen LogP contribution in [-0.2, 0) is 4.79 Å². The lowest BCUT2D eigenvalue weighted by atomic mass is 9.85. The van der Waals surface area contributed by atoms with Crippen LogP contribution in [0.4, 0.5) is 0 Å². The third kappa shape index (κ3) is 6.68. The molecule has 4 atom stereocenters. The van der Waals surface area contributed by atoms with Crippen molar-refractivity contribution in [1.29, 1.82) is 0 Å². The fourth-order valence-corrected chi connectivity index (χ4v) is 3.76. The molecule has 1 amide bonds. The predicted molar refractivity (Wildman–Crippen MR) is 92.7 cm³/mol. The Hall–Kier alpha value is -0.570. The first-order chi connectivity index (χ1) is 10.6. The number of hydrogen-bond donors (Lipinski definition) is 2. The minimum Gasteiger partial charge on any atom is -0.393 e. The molecule has 1 fully saturated rings. The van der Waals surface area contributed by atoms with Crippen LogP contribution in [0.5, 0.6) is 0 Å². The van der Waals surface area contributed by atoms with Crippen LogP contribution in [0.2, 0.25) is 0 Å². The minimum atomic E-state index is -0.166. The normalized spacial score (nSPS) is 33.0. The van der Waals surface area contributed by atoms with Crippen molar-refractivity contribution in [3.8, 4) is 0 Å². The first-order valence-electron chi connectivity index (χ1n) is 9.58. The van der Waals surface area contributed by atoms with Crippen molar-refractivity contribution < 1.29 is 9.90 Å². The lowest BCUT2D eigenvalue weighted by Crippen LogP contribution is -2.32. The van der Waals surface area contributed by atoms with Gasteiger partial charge in [0, 0.05) is 12.5 Å². The summed E-state index contributed by atoms with van der Waals surface area (Å²) in [6.45, 7) is 7.30. The maximum Gasteiger partial charge on any atom is 0.223 e. The van der Waals surface area contributed by atoms with Crippen LogP contribution in [0.3, 0.4) is 0 Å². The molecule has 3 heteroatoms. The van der Waals surface area contributed by atoms with E-state index in [0.29, 0.717) is 11.8 Å². The maximum absolute atomic E-state index is 12.2. The van der Waals surface area contributed by atoms with Crippen molar-refractivity contribution >= 4 is 5.91 Å². The summed E-state index contributed by atoms with van der Waals surface area (Å²) in [6, 6.07) is 0. The summed E-state index contributed by atoms with van der Waals surface area (Å²) in [7, 11) is 0. The van der Waals surface area contributed by atoms with Crippen LogP contribution in [-0.4, -0.2) is 23.7 Å². The molecule has 0 spiro atoms. The molecule has 1 saturated heterocycles. The molecule has 0 unspecified atom stereocenters. The molecule has 1 rings (SSSR count). The first kappa shape index (κ1) is 19.5. The van der Waals surface area contributed by atoms with Crippen LogP contribution in [0.15, 0.2) is 0 Å². The Labute approximate surface area is 137 Å². The van der Waals surface area contributed by atoms with Crippen LogP contribution < -0.4 is 5.32 Å². The van der Waals surface area contributed by atoms with Crippen molar-refractivity contribution in [3.05, 3.63) is 0 Å². The third-order valence-corrected chi connectivity index (χ3v) is 5.60. The zero-order valence-electron chi connectivity index (χ0n) is 14.9. The van der Waals surface area contributed by atoms with Crippen LogP contribution in [0, 0.1) is 17.8 Å². The van der Waals surface area contributed by atoms with Gasteiger partial charge in [0.05, 0.1) is 6.10 Å². The number of rotatable bonds is 3. The Balaban J connectivity index is 2.64. The van der Waals surface area contributed by atoms with E-state index in [9.17, 15) is 9.90 Å². The summed E-state index contributed by atoms with van der Waals surface area (Å²) in [4.78, 5) is 12.2. The summed E-state index contributed by atoms with van der Waals surface area (Å²) in [5.74, 6) is 1.52. The van der Waals surface area contributed by atoms with E-state index in [1.807, 2.05) is 0 Å². The molecular weight excluding hydrogens is 274 g/mol. The molecule has 0 aromatic heterocycles. The standard InChI is InChI=1S/C19H37NO2/c1-4-15-9-7-10-17(6-3)19(22)20-14-8-11-16(5-2)18(21)13-12-15/h15-18,21H,4-14H2,1-3H3,(H,20,22)/t15-,16+,17+,18+/m0/s1. The fraction of sp³-hybridized carbons (Fsp3) is 0.947. The molecule has 22 heavy (non-hydrogen) atoms. The Kier molecular flexibility index (Phi) is 9.77. The van der Waals surface area contributed by atoms with Gasteiger partial charge >= 0.3 is 0 Å². The molecule has 3 nitrogen and oxygen atoms in total. The quantitative estimate of drug-likeness (QED) is 0.817. The zero-order chi connectivity index (χ0) is 16.4. The van der Waals surface area contributed by atoms with Gasteiger partial charge in [0.2, 0.25) is 5.91 Å². The van der Waals surface area contributed by atoms with Crippen molar-refractivity contribution in [2.75, 3.05) is 6.54 Å². The summed E-state index contributed by atoms with van der Waals surface area (Å²) in [5.41, 5.74) is 0. The van der Waals surface area contributed by atoms with E-state index < -0.39 is 0 Å². The van der Waals surface area contributed by atoms with E-state index in [1.165, 1.54) is 12.8 Å². The number of hydrogen-bond acceptors (Lipinski definition) is 2. The van der Waals surface area contributed by atoms with E-state index in [1.54, 1.807) is 0 Å². The largest absolute Gasteiger partial charge is 0.393 e. The second kappa shape index (κ2) is 11.0. The number of carbonyl (C=O) groups excluding carboxylic acids is 1. The summed E-state index contributed by atoms with van der Waals surface area (Å²) in [6.07, 6.45) is 10.4. The monoisotopic (exact) mass is 311 g/mol.